The lowest BCUT2D eigenvalue weighted by molar-refractivity contribution is 1.18. The van der Waals surface area contributed by atoms with Gasteiger partial charge in [0.1, 0.15) is 0 Å². The van der Waals surface area contributed by atoms with Gasteiger partial charge in [-0.05, 0) is 104 Å². The lowest BCUT2D eigenvalue weighted by Gasteiger charge is -2.21. The van der Waals surface area contributed by atoms with Crippen LogP contribution in [0.4, 0.5) is 0 Å². The molecule has 1 aromatic heterocycles. The molecule has 0 N–H and O–H groups in total. The maximum Gasteiger partial charge on any atom is 0.0547 e. The van der Waals surface area contributed by atoms with Gasteiger partial charge in [0.15, 0.2) is 0 Å². The minimum atomic E-state index is 1.18. The predicted molar refractivity (Wildman–Crippen MR) is 196 cm³/mol. The first kappa shape index (κ1) is 25.7. The molecule has 9 aromatic rings. The third-order valence-electron chi connectivity index (χ3n) is 9.55. The first-order valence-electron chi connectivity index (χ1n) is 15.8. The molecule has 0 atom stereocenters. The van der Waals surface area contributed by atoms with Crippen molar-refractivity contribution in [3.63, 3.8) is 0 Å². The Morgan fingerprint density at radius 1 is 0.370 bits per heavy atom. The molecular weight excluding hydrogens is 575 g/mol. The van der Waals surface area contributed by atoms with E-state index >= 15 is 0 Å². The Balaban J connectivity index is 1.14. The zero-order chi connectivity index (χ0) is 30.2. The van der Waals surface area contributed by atoms with E-state index < -0.39 is 0 Å². The fourth-order valence-electron chi connectivity index (χ4n) is 7.45. The summed E-state index contributed by atoms with van der Waals surface area (Å²) in [4.78, 5) is 2.66. The molecule has 0 aliphatic carbocycles. The van der Waals surface area contributed by atoms with E-state index in [-0.39, 0.29) is 0 Å². The maximum absolute atomic E-state index is 2.40. The number of aromatic nitrogens is 1. The molecule has 8 aromatic carbocycles. The number of hydrogen-bond donors (Lipinski definition) is 0. The number of rotatable bonds is 3. The van der Waals surface area contributed by atoms with Crippen LogP contribution in [0, 0.1) is 0 Å². The van der Waals surface area contributed by atoms with Gasteiger partial charge in [-0.1, -0.05) is 121 Å². The van der Waals surface area contributed by atoms with Crippen LogP contribution in [0.3, 0.4) is 0 Å². The molecule has 46 heavy (non-hydrogen) atoms. The van der Waals surface area contributed by atoms with Gasteiger partial charge >= 0.3 is 0 Å². The van der Waals surface area contributed by atoms with Crippen molar-refractivity contribution < 1.29 is 0 Å². The number of benzene rings is 8. The number of para-hydroxylation sites is 1. The van der Waals surface area contributed by atoms with E-state index in [9.17, 15) is 0 Å². The van der Waals surface area contributed by atoms with Crippen LogP contribution in [-0.2, 0) is 0 Å². The van der Waals surface area contributed by atoms with Crippen molar-refractivity contribution in [2.45, 2.75) is 9.79 Å². The summed E-state index contributed by atoms with van der Waals surface area (Å²) in [5, 5.41) is 7.79. The minimum Gasteiger partial charge on any atom is -0.309 e. The number of nitrogens with zero attached hydrogens (tertiary/aromatic N) is 1. The molecule has 0 spiro atoms. The molecule has 0 bridgehead atoms. The molecular formula is C44H27NS. The van der Waals surface area contributed by atoms with Crippen LogP contribution in [0.5, 0.6) is 0 Å². The van der Waals surface area contributed by atoms with Crippen molar-refractivity contribution in [2.24, 2.45) is 0 Å². The summed E-state index contributed by atoms with van der Waals surface area (Å²) in [6.45, 7) is 0. The Labute approximate surface area is 271 Å². The Bertz CT molecular complexity index is 2660. The Morgan fingerprint density at radius 3 is 1.96 bits per heavy atom. The van der Waals surface area contributed by atoms with Crippen molar-refractivity contribution in [1.29, 1.82) is 0 Å². The fourth-order valence-corrected chi connectivity index (χ4v) is 8.58. The molecule has 0 saturated carbocycles. The van der Waals surface area contributed by atoms with E-state index in [1.165, 1.54) is 92.2 Å². The van der Waals surface area contributed by atoms with E-state index in [1.54, 1.807) is 0 Å². The average Bonchev–Trinajstić information content (AvgIpc) is 3.46. The van der Waals surface area contributed by atoms with Crippen molar-refractivity contribution >= 4 is 55.1 Å². The van der Waals surface area contributed by atoms with Gasteiger partial charge in [-0.15, -0.1) is 0 Å². The summed E-state index contributed by atoms with van der Waals surface area (Å²) in [5.74, 6) is 0. The van der Waals surface area contributed by atoms with E-state index in [0.29, 0.717) is 0 Å². The molecule has 0 fully saturated rings. The normalized spacial score (nSPS) is 12.3. The summed E-state index contributed by atoms with van der Waals surface area (Å²) in [6.07, 6.45) is 0. The molecule has 2 heteroatoms. The largest absolute Gasteiger partial charge is 0.309 e. The molecule has 1 aliphatic heterocycles. The summed E-state index contributed by atoms with van der Waals surface area (Å²) in [7, 11) is 0. The second-order valence-corrected chi connectivity index (χ2v) is 13.2. The smallest absolute Gasteiger partial charge is 0.0547 e. The topological polar surface area (TPSA) is 4.93 Å². The van der Waals surface area contributed by atoms with E-state index in [4.69, 9.17) is 0 Å². The molecule has 0 amide bonds. The fraction of sp³-hybridized carbons (Fsp3) is 0. The summed E-state index contributed by atoms with van der Waals surface area (Å²) in [6, 6.07) is 60.2. The Kier molecular flexibility index (Phi) is 5.58. The highest BCUT2D eigenvalue weighted by atomic mass is 32.2. The van der Waals surface area contributed by atoms with Gasteiger partial charge in [-0.3, -0.25) is 0 Å². The molecule has 1 nitrogen and oxygen atoms in total. The number of fused-ring (bicyclic) bond motifs is 7. The highest BCUT2D eigenvalue weighted by Crippen LogP contribution is 2.49. The Hall–Kier alpha value is -5.57. The zero-order valence-electron chi connectivity index (χ0n) is 24.9. The third-order valence-corrected chi connectivity index (χ3v) is 10.7. The van der Waals surface area contributed by atoms with Gasteiger partial charge in [-0.2, -0.15) is 0 Å². The van der Waals surface area contributed by atoms with Gasteiger partial charge in [0.2, 0.25) is 0 Å². The lowest BCUT2D eigenvalue weighted by atomic mass is 9.93. The van der Waals surface area contributed by atoms with Gasteiger partial charge in [-0.25, -0.2) is 0 Å². The van der Waals surface area contributed by atoms with Crippen LogP contribution in [0.2, 0.25) is 0 Å². The van der Waals surface area contributed by atoms with Gasteiger partial charge in [0.05, 0.1) is 11.0 Å². The minimum absolute atomic E-state index is 1.18. The van der Waals surface area contributed by atoms with E-state index in [2.05, 4.69) is 168 Å². The second kappa shape index (κ2) is 9.97. The van der Waals surface area contributed by atoms with Crippen LogP contribution in [0.25, 0.3) is 82.4 Å². The molecule has 0 unspecified atom stereocenters. The average molecular weight is 602 g/mol. The van der Waals surface area contributed by atoms with Crippen LogP contribution in [0.1, 0.15) is 0 Å². The summed E-state index contributed by atoms with van der Waals surface area (Å²) in [5.41, 5.74) is 11.2. The highest BCUT2D eigenvalue weighted by molar-refractivity contribution is 7.99. The van der Waals surface area contributed by atoms with Gasteiger partial charge < -0.3 is 4.57 Å². The Morgan fingerprint density at radius 2 is 1.07 bits per heavy atom. The molecule has 0 saturated heterocycles. The maximum atomic E-state index is 2.40. The highest BCUT2D eigenvalue weighted by Gasteiger charge is 2.20. The van der Waals surface area contributed by atoms with Crippen LogP contribution in [-0.4, -0.2) is 4.57 Å². The van der Waals surface area contributed by atoms with Crippen LogP contribution in [0.15, 0.2) is 174 Å². The quantitative estimate of drug-likeness (QED) is 0.195. The standard InChI is InChI=1S/C44H27NS/c1-2-14-34(15-3-1)45-39-22-20-32(27-38(39)44-35-16-5-4-9-28(35)19-23-40(44)45)30-12-6-13-31(25-30)33-21-24-41-37(26-33)36-17-7-10-29-11-8-18-42(46-41)43(29)36/h1-27H. The zero-order valence-corrected chi connectivity index (χ0v) is 25.8. The van der Waals surface area contributed by atoms with Crippen LogP contribution >= 0.6 is 11.8 Å². The monoisotopic (exact) mass is 601 g/mol. The molecule has 214 valence electrons. The van der Waals surface area contributed by atoms with Crippen LogP contribution < -0.4 is 0 Å². The second-order valence-electron chi connectivity index (χ2n) is 12.1. The predicted octanol–water partition coefficient (Wildman–Crippen LogP) is 12.6. The molecule has 2 heterocycles. The van der Waals surface area contributed by atoms with Crippen molar-refractivity contribution in [3.8, 4) is 39.1 Å². The van der Waals surface area contributed by atoms with Gasteiger partial charge in [0, 0.05) is 31.6 Å². The van der Waals surface area contributed by atoms with E-state index in [0.717, 1.165) is 0 Å². The van der Waals surface area contributed by atoms with E-state index in [1.807, 2.05) is 11.8 Å². The summed E-state index contributed by atoms with van der Waals surface area (Å²) >= 11 is 1.88. The molecule has 10 rings (SSSR count). The first-order chi connectivity index (χ1) is 22.8. The molecule has 0 radical (unpaired) electrons. The molecule has 1 aliphatic rings. The van der Waals surface area contributed by atoms with Crippen molar-refractivity contribution in [1.82, 2.24) is 4.57 Å². The summed E-state index contributed by atoms with van der Waals surface area (Å²) < 4.78 is 2.40. The lowest BCUT2D eigenvalue weighted by Crippen LogP contribution is -1.93. The van der Waals surface area contributed by atoms with Crippen molar-refractivity contribution in [2.75, 3.05) is 0 Å². The van der Waals surface area contributed by atoms with Gasteiger partial charge in [0.25, 0.3) is 0 Å². The van der Waals surface area contributed by atoms with Crippen molar-refractivity contribution in [3.05, 3.63) is 164 Å². The SMILES string of the molecule is c1ccc(-n2c3ccc(-c4cccc(-c5ccc6c(c5)-c5cccc7cccc(c57)S6)c4)cc3c3c4ccccc4ccc32)cc1. The third kappa shape index (κ3) is 3.84. The first-order valence-corrected chi connectivity index (χ1v) is 16.6. The number of hydrogen-bond acceptors (Lipinski definition) is 1.